The molecule has 1 N–H and O–H groups in total. The number of hydrogen-bond donors (Lipinski definition) is 1. The number of aryl methyl sites for hydroxylation is 1. The molecule has 0 saturated carbocycles. The van der Waals surface area contributed by atoms with Gasteiger partial charge in [0.1, 0.15) is 4.21 Å². The predicted molar refractivity (Wildman–Crippen MR) is 116 cm³/mol. The standard InChI is InChI=1S/C22H15F3N2O3S2/c1-13-10-17(14-2-4-16(5-3-14)22(23,24)25)27-18(11-13)15-8-9-26-19(12-15)20-6-7-21(31-20)32(28,29)30/h2-12H,1H3,(H,28,29,30). The Morgan fingerprint density at radius 3 is 2.12 bits per heavy atom. The van der Waals surface area contributed by atoms with E-state index >= 15 is 0 Å². The highest BCUT2D eigenvalue weighted by molar-refractivity contribution is 7.88. The van der Waals surface area contributed by atoms with Gasteiger partial charge < -0.3 is 0 Å². The van der Waals surface area contributed by atoms with Gasteiger partial charge in [-0.15, -0.1) is 11.3 Å². The van der Waals surface area contributed by atoms with E-state index < -0.39 is 21.9 Å². The molecule has 0 bridgehead atoms. The minimum atomic E-state index is -4.41. The second-order valence-corrected chi connectivity index (χ2v) is 9.75. The largest absolute Gasteiger partial charge is 0.416 e. The number of halogens is 3. The Balaban J connectivity index is 1.71. The van der Waals surface area contributed by atoms with Gasteiger partial charge in [-0.25, -0.2) is 4.98 Å². The summed E-state index contributed by atoms with van der Waals surface area (Å²) in [5.41, 5.74) is 3.01. The Morgan fingerprint density at radius 2 is 1.53 bits per heavy atom. The van der Waals surface area contributed by atoms with E-state index in [1.165, 1.54) is 18.2 Å². The number of aromatic nitrogens is 2. The van der Waals surface area contributed by atoms with Crippen LogP contribution in [0.25, 0.3) is 33.1 Å². The molecule has 0 radical (unpaired) electrons. The highest BCUT2D eigenvalue weighted by Crippen LogP contribution is 2.33. The van der Waals surface area contributed by atoms with Crippen LogP contribution >= 0.6 is 11.3 Å². The molecule has 3 heterocycles. The lowest BCUT2D eigenvalue weighted by molar-refractivity contribution is -0.137. The molecule has 32 heavy (non-hydrogen) atoms. The van der Waals surface area contributed by atoms with Crippen LogP contribution in [0.3, 0.4) is 0 Å². The number of alkyl halides is 3. The Bertz CT molecular complexity index is 1400. The predicted octanol–water partition coefficient (Wildman–Crippen LogP) is 6.11. The monoisotopic (exact) mass is 476 g/mol. The fourth-order valence-corrected chi connectivity index (χ4v) is 4.75. The molecule has 0 atom stereocenters. The van der Waals surface area contributed by atoms with E-state index in [1.807, 2.05) is 13.0 Å². The van der Waals surface area contributed by atoms with Crippen LogP contribution in [-0.4, -0.2) is 22.9 Å². The molecule has 0 aliphatic rings. The van der Waals surface area contributed by atoms with Crippen LogP contribution in [0.5, 0.6) is 0 Å². The lowest BCUT2D eigenvalue weighted by atomic mass is 10.0. The van der Waals surface area contributed by atoms with Gasteiger partial charge in [-0.2, -0.15) is 21.6 Å². The van der Waals surface area contributed by atoms with Crippen molar-refractivity contribution in [3.8, 4) is 33.1 Å². The molecule has 0 aliphatic heterocycles. The highest BCUT2D eigenvalue weighted by atomic mass is 32.3. The molecule has 0 aliphatic carbocycles. The molecule has 164 valence electrons. The third kappa shape index (κ3) is 4.72. The number of hydrogen-bond acceptors (Lipinski definition) is 5. The van der Waals surface area contributed by atoms with Gasteiger partial charge in [-0.05, 0) is 61.0 Å². The summed E-state index contributed by atoms with van der Waals surface area (Å²) in [7, 11) is -4.30. The number of thiophene rings is 1. The second-order valence-electron chi connectivity index (χ2n) is 7.01. The maximum atomic E-state index is 12.8. The van der Waals surface area contributed by atoms with E-state index in [0.29, 0.717) is 33.1 Å². The first-order chi connectivity index (χ1) is 15.0. The molecular formula is C22H15F3N2O3S2. The number of nitrogens with zero attached hydrogens (tertiary/aromatic N) is 2. The molecule has 0 unspecified atom stereocenters. The first kappa shape index (κ1) is 22.1. The molecule has 10 heteroatoms. The van der Waals surface area contributed by atoms with Crippen molar-refractivity contribution in [3.63, 3.8) is 0 Å². The summed E-state index contributed by atoms with van der Waals surface area (Å²) in [4.78, 5) is 9.42. The van der Waals surface area contributed by atoms with Crippen molar-refractivity contribution in [2.75, 3.05) is 0 Å². The third-order valence-electron chi connectivity index (χ3n) is 4.62. The molecule has 0 spiro atoms. The van der Waals surface area contributed by atoms with E-state index in [9.17, 15) is 26.1 Å². The van der Waals surface area contributed by atoms with Gasteiger partial charge in [0, 0.05) is 17.3 Å². The summed E-state index contributed by atoms with van der Waals surface area (Å²) in [5.74, 6) is 0. The zero-order chi connectivity index (χ0) is 23.1. The van der Waals surface area contributed by atoms with Gasteiger partial charge in [-0.1, -0.05) is 12.1 Å². The van der Waals surface area contributed by atoms with Crippen molar-refractivity contribution in [1.82, 2.24) is 9.97 Å². The molecule has 0 saturated heterocycles. The third-order valence-corrected chi connectivity index (χ3v) is 7.05. The molecule has 0 amide bonds. The molecule has 4 rings (SSSR count). The minimum Gasteiger partial charge on any atom is -0.281 e. The first-order valence-electron chi connectivity index (χ1n) is 9.21. The van der Waals surface area contributed by atoms with Gasteiger partial charge in [0.2, 0.25) is 0 Å². The van der Waals surface area contributed by atoms with Crippen molar-refractivity contribution < 1.29 is 26.1 Å². The van der Waals surface area contributed by atoms with Crippen LogP contribution in [-0.2, 0) is 16.3 Å². The Morgan fingerprint density at radius 1 is 0.875 bits per heavy atom. The molecule has 3 aromatic heterocycles. The smallest absolute Gasteiger partial charge is 0.281 e. The Hall–Kier alpha value is -3.08. The van der Waals surface area contributed by atoms with E-state index in [-0.39, 0.29) is 4.21 Å². The topological polar surface area (TPSA) is 80.2 Å². The zero-order valence-electron chi connectivity index (χ0n) is 16.5. The maximum absolute atomic E-state index is 12.8. The van der Waals surface area contributed by atoms with Crippen molar-refractivity contribution in [2.45, 2.75) is 17.3 Å². The van der Waals surface area contributed by atoms with Crippen LogP contribution in [0, 0.1) is 6.92 Å². The quantitative estimate of drug-likeness (QED) is 0.359. The van der Waals surface area contributed by atoms with Crippen molar-refractivity contribution in [1.29, 1.82) is 0 Å². The van der Waals surface area contributed by atoms with Gasteiger partial charge in [0.25, 0.3) is 0 Å². The fourth-order valence-electron chi connectivity index (χ4n) is 3.11. The van der Waals surface area contributed by atoms with Crippen LogP contribution in [0.4, 0.5) is 13.2 Å². The number of pyridine rings is 2. The summed E-state index contributed by atoms with van der Waals surface area (Å²) < 4.78 is 70.2. The number of benzene rings is 1. The summed E-state index contributed by atoms with van der Waals surface area (Å²) in [5, 5.41) is 0. The highest BCUT2D eigenvalue weighted by Gasteiger charge is 2.30. The molecule has 4 aromatic rings. The normalized spacial score (nSPS) is 12.2. The number of rotatable bonds is 4. The lowest BCUT2D eigenvalue weighted by Gasteiger charge is -2.10. The summed E-state index contributed by atoms with van der Waals surface area (Å²) in [6.07, 6.45) is -2.85. The zero-order valence-corrected chi connectivity index (χ0v) is 18.1. The minimum absolute atomic E-state index is 0.182. The average Bonchev–Trinajstić information content (AvgIpc) is 3.24. The van der Waals surface area contributed by atoms with Gasteiger partial charge in [-0.3, -0.25) is 9.54 Å². The van der Waals surface area contributed by atoms with E-state index in [0.717, 1.165) is 29.0 Å². The van der Waals surface area contributed by atoms with Crippen LogP contribution in [0.15, 0.2) is 71.1 Å². The van der Waals surface area contributed by atoms with E-state index in [4.69, 9.17) is 0 Å². The van der Waals surface area contributed by atoms with Gasteiger partial charge >= 0.3 is 16.3 Å². The van der Waals surface area contributed by atoms with Crippen LogP contribution in [0.2, 0.25) is 0 Å². The lowest BCUT2D eigenvalue weighted by Crippen LogP contribution is -2.04. The molecule has 0 fully saturated rings. The van der Waals surface area contributed by atoms with Crippen molar-refractivity contribution >= 4 is 21.5 Å². The summed E-state index contributed by atoms with van der Waals surface area (Å²) in [6, 6.07) is 14.8. The van der Waals surface area contributed by atoms with Crippen LogP contribution in [0.1, 0.15) is 11.1 Å². The SMILES string of the molecule is Cc1cc(-c2ccc(C(F)(F)F)cc2)nc(-c2ccnc(-c3ccc(S(=O)(=O)O)s3)c2)c1. The van der Waals surface area contributed by atoms with Gasteiger partial charge in [0.05, 0.1) is 27.5 Å². The fraction of sp³-hybridized carbons (Fsp3) is 0.0909. The van der Waals surface area contributed by atoms with Crippen molar-refractivity contribution in [2.24, 2.45) is 0 Å². The maximum Gasteiger partial charge on any atom is 0.416 e. The van der Waals surface area contributed by atoms with Crippen molar-refractivity contribution in [3.05, 3.63) is 78.0 Å². The molecule has 5 nitrogen and oxygen atoms in total. The molecule has 1 aromatic carbocycles. The Kier molecular flexibility index (Phi) is 5.61. The summed E-state index contributed by atoms with van der Waals surface area (Å²) >= 11 is 0.890. The Labute approximate surface area is 186 Å². The molecular weight excluding hydrogens is 461 g/mol. The second kappa shape index (κ2) is 8.12. The van der Waals surface area contributed by atoms with Crippen LogP contribution < -0.4 is 0 Å². The van der Waals surface area contributed by atoms with E-state index in [1.54, 1.807) is 30.5 Å². The first-order valence-corrected chi connectivity index (χ1v) is 11.5. The summed E-state index contributed by atoms with van der Waals surface area (Å²) in [6.45, 7) is 1.86. The van der Waals surface area contributed by atoms with E-state index in [2.05, 4.69) is 9.97 Å². The van der Waals surface area contributed by atoms with Gasteiger partial charge in [0.15, 0.2) is 0 Å². The average molecular weight is 477 g/mol.